The molecule has 0 fully saturated rings. The van der Waals surface area contributed by atoms with Crippen molar-refractivity contribution < 1.29 is 13.2 Å². The first-order valence-electron chi connectivity index (χ1n) is 6.15. The lowest BCUT2D eigenvalue weighted by molar-refractivity contribution is 0.301. The van der Waals surface area contributed by atoms with Gasteiger partial charge in [0.1, 0.15) is 12.4 Å². The highest BCUT2D eigenvalue weighted by molar-refractivity contribution is 7.89. The third kappa shape index (κ3) is 3.93. The van der Waals surface area contributed by atoms with Gasteiger partial charge in [-0.15, -0.1) is 0 Å². The van der Waals surface area contributed by atoms with Gasteiger partial charge in [-0.05, 0) is 36.4 Å². The van der Waals surface area contributed by atoms with Gasteiger partial charge in [0.15, 0.2) is 0 Å². The predicted molar refractivity (Wildman–Crippen MR) is 80.9 cm³/mol. The Labute approximate surface area is 129 Å². The molecule has 1 aromatic heterocycles. The van der Waals surface area contributed by atoms with Crippen molar-refractivity contribution in [1.29, 1.82) is 0 Å². The van der Waals surface area contributed by atoms with Crippen LogP contribution in [-0.2, 0) is 16.6 Å². The largest absolute Gasteiger partial charge is 0.487 e. The number of pyridine rings is 1. The quantitative estimate of drug-likeness (QED) is 0.847. The summed E-state index contributed by atoms with van der Waals surface area (Å²) in [6.07, 6.45) is 1.55. The molecule has 2 aromatic rings. The van der Waals surface area contributed by atoms with Crippen molar-refractivity contribution in [1.82, 2.24) is 9.29 Å². The second kappa shape index (κ2) is 6.43. The van der Waals surface area contributed by atoms with Gasteiger partial charge in [0.25, 0.3) is 0 Å². The number of sulfonamides is 1. The number of hydrogen-bond donors (Lipinski definition) is 0. The van der Waals surface area contributed by atoms with Gasteiger partial charge < -0.3 is 4.74 Å². The zero-order valence-electron chi connectivity index (χ0n) is 11.7. The fourth-order valence-electron chi connectivity index (χ4n) is 1.57. The summed E-state index contributed by atoms with van der Waals surface area (Å²) < 4.78 is 30.5. The molecule has 0 aliphatic rings. The molecule has 5 nitrogen and oxygen atoms in total. The van der Waals surface area contributed by atoms with E-state index in [0.29, 0.717) is 10.8 Å². The van der Waals surface area contributed by atoms with Crippen molar-refractivity contribution in [2.24, 2.45) is 0 Å². The number of nitrogens with zero attached hydrogens (tertiary/aromatic N) is 2. The molecule has 1 aromatic carbocycles. The van der Waals surface area contributed by atoms with Crippen molar-refractivity contribution >= 4 is 21.6 Å². The van der Waals surface area contributed by atoms with Crippen LogP contribution in [0.25, 0.3) is 0 Å². The van der Waals surface area contributed by atoms with Crippen molar-refractivity contribution in [2.75, 3.05) is 14.1 Å². The zero-order chi connectivity index (χ0) is 15.5. The van der Waals surface area contributed by atoms with Crippen LogP contribution in [0.1, 0.15) is 5.69 Å². The molecule has 112 valence electrons. The molecule has 0 saturated heterocycles. The van der Waals surface area contributed by atoms with Crippen molar-refractivity contribution in [2.45, 2.75) is 11.5 Å². The molecule has 0 amide bonds. The third-order valence-electron chi connectivity index (χ3n) is 2.78. The third-order valence-corrected chi connectivity index (χ3v) is 4.83. The highest BCUT2D eigenvalue weighted by Crippen LogP contribution is 2.19. The van der Waals surface area contributed by atoms with Gasteiger partial charge >= 0.3 is 0 Å². The first-order chi connectivity index (χ1) is 9.89. The van der Waals surface area contributed by atoms with E-state index in [9.17, 15) is 8.42 Å². The Bertz CT molecular complexity index is 698. The lowest BCUT2D eigenvalue weighted by atomic mass is 10.3. The van der Waals surface area contributed by atoms with Crippen molar-refractivity contribution in [3.05, 3.63) is 53.3 Å². The van der Waals surface area contributed by atoms with Gasteiger partial charge in [-0.3, -0.25) is 4.98 Å². The Kier molecular flexibility index (Phi) is 4.82. The topological polar surface area (TPSA) is 59.5 Å². The Morgan fingerprint density at radius 2 is 1.81 bits per heavy atom. The molecule has 2 rings (SSSR count). The fraction of sp³-hybridized carbons (Fsp3) is 0.214. The smallest absolute Gasteiger partial charge is 0.242 e. The maximum absolute atomic E-state index is 11.9. The second-order valence-corrected chi connectivity index (χ2v) is 7.10. The van der Waals surface area contributed by atoms with Crippen LogP contribution in [0.2, 0.25) is 5.02 Å². The summed E-state index contributed by atoms with van der Waals surface area (Å²) in [4.78, 5) is 4.34. The highest BCUT2D eigenvalue weighted by Gasteiger charge is 2.16. The van der Waals surface area contributed by atoms with E-state index >= 15 is 0 Å². The van der Waals surface area contributed by atoms with Crippen LogP contribution in [0.5, 0.6) is 5.75 Å². The molecule has 7 heteroatoms. The maximum atomic E-state index is 11.9. The van der Waals surface area contributed by atoms with Crippen LogP contribution in [0.3, 0.4) is 0 Å². The molecular formula is C14H15ClN2O3S. The van der Waals surface area contributed by atoms with Gasteiger partial charge in [0.05, 0.1) is 15.6 Å². The van der Waals surface area contributed by atoms with E-state index in [1.54, 1.807) is 30.5 Å². The molecule has 0 saturated carbocycles. The van der Waals surface area contributed by atoms with Gasteiger partial charge in [0.2, 0.25) is 10.0 Å². The van der Waals surface area contributed by atoms with Crippen LogP contribution in [0.15, 0.2) is 47.5 Å². The van der Waals surface area contributed by atoms with Crippen LogP contribution >= 0.6 is 11.6 Å². The molecule has 0 radical (unpaired) electrons. The summed E-state index contributed by atoms with van der Waals surface area (Å²) in [7, 11) is -0.431. The lowest BCUT2D eigenvalue weighted by Crippen LogP contribution is -2.22. The van der Waals surface area contributed by atoms with Crippen LogP contribution in [-0.4, -0.2) is 31.8 Å². The summed E-state index contributed by atoms with van der Waals surface area (Å²) in [5.74, 6) is 0.574. The molecule has 0 atom stereocenters. The Balaban J connectivity index is 2.05. The van der Waals surface area contributed by atoms with Crippen molar-refractivity contribution in [3.63, 3.8) is 0 Å². The molecular weight excluding hydrogens is 312 g/mol. The van der Waals surface area contributed by atoms with E-state index in [1.165, 1.54) is 30.5 Å². The van der Waals surface area contributed by atoms with E-state index in [1.807, 2.05) is 0 Å². The SMILES string of the molecule is CN(C)S(=O)(=O)c1ccc(OCc2ccc(Cl)cn2)cc1. The van der Waals surface area contributed by atoms with Gasteiger partial charge in [-0.1, -0.05) is 11.6 Å². The molecule has 0 aliphatic carbocycles. The lowest BCUT2D eigenvalue weighted by Gasteiger charge is -2.12. The minimum Gasteiger partial charge on any atom is -0.487 e. The highest BCUT2D eigenvalue weighted by atomic mass is 35.5. The van der Waals surface area contributed by atoms with Crippen LogP contribution < -0.4 is 4.74 Å². The minimum atomic E-state index is -3.41. The van der Waals surface area contributed by atoms with E-state index in [-0.39, 0.29) is 11.5 Å². The number of aromatic nitrogens is 1. The molecule has 0 bridgehead atoms. The Morgan fingerprint density at radius 3 is 2.33 bits per heavy atom. The number of halogens is 1. The molecule has 0 spiro atoms. The predicted octanol–water partition coefficient (Wildman–Crippen LogP) is 2.56. The number of hydrogen-bond acceptors (Lipinski definition) is 4. The van der Waals surface area contributed by atoms with Crippen LogP contribution in [0.4, 0.5) is 0 Å². The van der Waals surface area contributed by atoms with Crippen LogP contribution in [0, 0.1) is 0 Å². The standard InChI is InChI=1S/C14H15ClN2O3S/c1-17(2)21(18,19)14-7-5-13(6-8-14)20-10-12-4-3-11(15)9-16-12/h3-9H,10H2,1-2H3. The summed E-state index contributed by atoms with van der Waals surface area (Å²) >= 11 is 5.75. The number of benzene rings is 1. The molecule has 0 unspecified atom stereocenters. The maximum Gasteiger partial charge on any atom is 0.242 e. The molecule has 21 heavy (non-hydrogen) atoms. The summed E-state index contributed by atoms with van der Waals surface area (Å²) in [6, 6.07) is 9.77. The average molecular weight is 327 g/mol. The number of ether oxygens (including phenoxy) is 1. The summed E-state index contributed by atoms with van der Waals surface area (Å²) in [6.45, 7) is 0.289. The molecule has 1 heterocycles. The fourth-order valence-corrected chi connectivity index (χ4v) is 2.58. The average Bonchev–Trinajstić information content (AvgIpc) is 2.47. The van der Waals surface area contributed by atoms with E-state index in [0.717, 1.165) is 5.69 Å². The first-order valence-corrected chi connectivity index (χ1v) is 7.97. The monoisotopic (exact) mass is 326 g/mol. The summed E-state index contributed by atoms with van der Waals surface area (Å²) in [5, 5.41) is 0.567. The van der Waals surface area contributed by atoms with Gasteiger partial charge in [0, 0.05) is 20.3 Å². The first kappa shape index (κ1) is 15.8. The second-order valence-electron chi connectivity index (χ2n) is 4.52. The van der Waals surface area contributed by atoms with E-state index in [4.69, 9.17) is 16.3 Å². The molecule has 0 N–H and O–H groups in total. The van der Waals surface area contributed by atoms with Crippen molar-refractivity contribution in [3.8, 4) is 5.75 Å². The Morgan fingerprint density at radius 1 is 1.14 bits per heavy atom. The zero-order valence-corrected chi connectivity index (χ0v) is 13.2. The normalized spacial score (nSPS) is 11.6. The van der Waals surface area contributed by atoms with E-state index in [2.05, 4.69) is 4.98 Å². The van der Waals surface area contributed by atoms with E-state index < -0.39 is 10.0 Å². The van der Waals surface area contributed by atoms with Gasteiger partial charge in [-0.25, -0.2) is 12.7 Å². The van der Waals surface area contributed by atoms with Gasteiger partial charge in [-0.2, -0.15) is 0 Å². The number of rotatable bonds is 5. The minimum absolute atomic E-state index is 0.226. The summed E-state index contributed by atoms with van der Waals surface area (Å²) in [5.41, 5.74) is 0.740. The molecule has 0 aliphatic heterocycles. The Hall–Kier alpha value is -1.63.